The zero-order valence-corrected chi connectivity index (χ0v) is 17.2. The number of nitrogens with one attached hydrogen (secondary N) is 1. The van der Waals surface area contributed by atoms with Crippen molar-refractivity contribution in [3.8, 4) is 17.2 Å². The van der Waals surface area contributed by atoms with Crippen molar-refractivity contribution >= 4 is 40.6 Å². The lowest BCUT2D eigenvalue weighted by molar-refractivity contribution is -0.123. The van der Waals surface area contributed by atoms with Crippen molar-refractivity contribution in [2.24, 2.45) is 0 Å². The average Bonchev–Trinajstić information content (AvgIpc) is 2.99. The van der Waals surface area contributed by atoms with Gasteiger partial charge in [0.15, 0.2) is 11.5 Å². The van der Waals surface area contributed by atoms with Gasteiger partial charge in [0.1, 0.15) is 5.75 Å². The molecule has 2 aromatic rings. The molecule has 0 aromatic heterocycles. The summed E-state index contributed by atoms with van der Waals surface area (Å²) in [5, 5.41) is 11.6. The summed E-state index contributed by atoms with van der Waals surface area (Å²) < 4.78 is 10.4. The highest BCUT2D eigenvalue weighted by molar-refractivity contribution is 8.18. The molecule has 0 aliphatic carbocycles. The third kappa shape index (κ3) is 4.93. The molecule has 9 heteroatoms. The van der Waals surface area contributed by atoms with Crippen LogP contribution in [0.25, 0.3) is 6.08 Å². The molecule has 1 fully saturated rings. The summed E-state index contributed by atoms with van der Waals surface area (Å²) in [5.74, 6) is 0.266. The van der Waals surface area contributed by atoms with Gasteiger partial charge in [0.2, 0.25) is 5.91 Å². The normalized spacial score (nSPS) is 14.9. The van der Waals surface area contributed by atoms with Gasteiger partial charge in [-0.05, 0) is 47.7 Å². The minimum absolute atomic E-state index is 0.0269. The molecule has 30 heavy (non-hydrogen) atoms. The third-order valence-corrected chi connectivity index (χ3v) is 5.18. The zero-order valence-electron chi connectivity index (χ0n) is 16.4. The number of carbonyl (C=O) groups excluding carboxylic acids is 3. The molecule has 0 spiro atoms. The summed E-state index contributed by atoms with van der Waals surface area (Å²) in [6, 6.07) is 11.3. The second kappa shape index (κ2) is 9.36. The van der Waals surface area contributed by atoms with Crippen molar-refractivity contribution in [3.05, 3.63) is 52.9 Å². The van der Waals surface area contributed by atoms with E-state index in [0.29, 0.717) is 22.7 Å². The highest BCUT2D eigenvalue weighted by Crippen LogP contribution is 2.34. The van der Waals surface area contributed by atoms with Gasteiger partial charge in [-0.1, -0.05) is 12.1 Å². The molecule has 1 aliphatic rings. The number of ether oxygens (including phenoxy) is 2. The molecule has 3 rings (SSSR count). The summed E-state index contributed by atoms with van der Waals surface area (Å²) in [5.41, 5.74) is 1.11. The Morgan fingerprint density at radius 2 is 1.90 bits per heavy atom. The summed E-state index contributed by atoms with van der Waals surface area (Å²) in [7, 11) is 3.04. The molecule has 1 saturated heterocycles. The SMILES string of the molecule is COc1ccc(/C=C2/SC(=O)N(CCC(=O)Nc3cccc(O)c3)C2=O)cc1OC. The minimum atomic E-state index is -0.454. The van der Waals surface area contributed by atoms with Crippen LogP contribution in [0.2, 0.25) is 0 Å². The Hall–Kier alpha value is -3.46. The van der Waals surface area contributed by atoms with Crippen molar-refractivity contribution in [1.82, 2.24) is 4.90 Å². The number of rotatable bonds is 7. The molecule has 1 aliphatic heterocycles. The van der Waals surface area contributed by atoms with Crippen molar-refractivity contribution in [2.75, 3.05) is 26.1 Å². The predicted molar refractivity (Wildman–Crippen MR) is 114 cm³/mol. The Kier molecular flexibility index (Phi) is 6.63. The summed E-state index contributed by atoms with van der Waals surface area (Å²) in [6.45, 7) is -0.0431. The molecular formula is C21H20N2O6S. The fourth-order valence-corrected chi connectivity index (χ4v) is 3.67. The van der Waals surface area contributed by atoms with Gasteiger partial charge in [-0.15, -0.1) is 0 Å². The standard InChI is InChI=1S/C21H20N2O6S/c1-28-16-7-6-13(10-17(16)29-2)11-18-20(26)23(21(27)30-18)9-8-19(25)22-14-4-3-5-15(24)12-14/h3-7,10-12,24H,8-9H2,1-2H3,(H,22,25)/b18-11+. The first-order valence-electron chi connectivity index (χ1n) is 8.97. The quantitative estimate of drug-likeness (QED) is 0.651. The lowest BCUT2D eigenvalue weighted by Crippen LogP contribution is -2.31. The van der Waals surface area contributed by atoms with Gasteiger partial charge in [-0.3, -0.25) is 19.3 Å². The second-order valence-electron chi connectivity index (χ2n) is 6.30. The average molecular weight is 428 g/mol. The maximum Gasteiger partial charge on any atom is 0.293 e. The maximum atomic E-state index is 12.6. The van der Waals surface area contributed by atoms with Gasteiger partial charge in [0, 0.05) is 24.7 Å². The van der Waals surface area contributed by atoms with Crippen LogP contribution in [-0.4, -0.2) is 47.8 Å². The number of benzene rings is 2. The van der Waals surface area contributed by atoms with Crippen molar-refractivity contribution in [2.45, 2.75) is 6.42 Å². The van der Waals surface area contributed by atoms with Crippen LogP contribution in [0.1, 0.15) is 12.0 Å². The van der Waals surface area contributed by atoms with Crippen LogP contribution in [0.15, 0.2) is 47.4 Å². The van der Waals surface area contributed by atoms with Crippen LogP contribution in [-0.2, 0) is 9.59 Å². The van der Waals surface area contributed by atoms with Gasteiger partial charge in [-0.2, -0.15) is 0 Å². The highest BCUT2D eigenvalue weighted by Gasteiger charge is 2.35. The van der Waals surface area contributed by atoms with Crippen LogP contribution < -0.4 is 14.8 Å². The number of anilines is 1. The number of methoxy groups -OCH3 is 2. The third-order valence-electron chi connectivity index (χ3n) is 4.27. The van der Waals surface area contributed by atoms with E-state index in [4.69, 9.17) is 9.47 Å². The van der Waals surface area contributed by atoms with E-state index >= 15 is 0 Å². The molecule has 0 atom stereocenters. The monoisotopic (exact) mass is 428 g/mol. The number of hydrogen-bond acceptors (Lipinski definition) is 7. The molecule has 0 radical (unpaired) electrons. The molecule has 8 nitrogen and oxygen atoms in total. The summed E-state index contributed by atoms with van der Waals surface area (Å²) in [6.07, 6.45) is 1.54. The Bertz CT molecular complexity index is 1020. The topological polar surface area (TPSA) is 105 Å². The molecule has 0 unspecified atom stereocenters. The number of aromatic hydroxyl groups is 1. The van der Waals surface area contributed by atoms with E-state index in [1.54, 1.807) is 36.4 Å². The van der Waals surface area contributed by atoms with Gasteiger partial charge in [0.25, 0.3) is 11.1 Å². The van der Waals surface area contributed by atoms with Gasteiger partial charge in [-0.25, -0.2) is 0 Å². The van der Waals surface area contributed by atoms with Gasteiger partial charge >= 0.3 is 0 Å². The van der Waals surface area contributed by atoms with Crippen LogP contribution in [0.3, 0.4) is 0 Å². The Labute approximate surface area is 177 Å². The predicted octanol–water partition coefficient (Wildman–Crippen LogP) is 3.47. The fraction of sp³-hybridized carbons (Fsp3) is 0.190. The van der Waals surface area contributed by atoms with E-state index < -0.39 is 11.1 Å². The number of thioether (sulfide) groups is 1. The Morgan fingerprint density at radius 1 is 1.13 bits per heavy atom. The maximum absolute atomic E-state index is 12.6. The molecule has 0 bridgehead atoms. The zero-order chi connectivity index (χ0) is 21.7. The van der Waals surface area contributed by atoms with E-state index in [1.807, 2.05) is 0 Å². The van der Waals surface area contributed by atoms with Gasteiger partial charge in [0.05, 0.1) is 19.1 Å². The lowest BCUT2D eigenvalue weighted by atomic mass is 10.2. The summed E-state index contributed by atoms with van der Waals surface area (Å²) >= 11 is 0.819. The van der Waals surface area contributed by atoms with E-state index in [0.717, 1.165) is 16.7 Å². The molecule has 2 aromatic carbocycles. The first kappa shape index (κ1) is 21.3. The van der Waals surface area contributed by atoms with E-state index in [1.165, 1.54) is 26.4 Å². The minimum Gasteiger partial charge on any atom is -0.508 e. The fourth-order valence-electron chi connectivity index (χ4n) is 2.81. The summed E-state index contributed by atoms with van der Waals surface area (Å²) in [4.78, 5) is 38.3. The molecular weight excluding hydrogens is 408 g/mol. The van der Waals surface area contributed by atoms with Crippen LogP contribution in [0.5, 0.6) is 17.2 Å². The van der Waals surface area contributed by atoms with E-state index in [9.17, 15) is 19.5 Å². The smallest absolute Gasteiger partial charge is 0.293 e. The highest BCUT2D eigenvalue weighted by atomic mass is 32.2. The number of hydrogen-bond donors (Lipinski definition) is 2. The number of nitrogens with zero attached hydrogens (tertiary/aromatic N) is 1. The van der Waals surface area contributed by atoms with Crippen molar-refractivity contribution < 1.29 is 29.0 Å². The number of amides is 3. The lowest BCUT2D eigenvalue weighted by Gasteiger charge is -2.12. The first-order chi connectivity index (χ1) is 14.4. The number of phenols is 1. The Balaban J connectivity index is 1.64. The molecule has 1 heterocycles. The van der Waals surface area contributed by atoms with Crippen LogP contribution in [0, 0.1) is 0 Å². The largest absolute Gasteiger partial charge is 0.508 e. The molecule has 2 N–H and O–H groups in total. The number of phenolic OH excluding ortho intramolecular Hbond substituents is 1. The van der Waals surface area contributed by atoms with Crippen molar-refractivity contribution in [3.63, 3.8) is 0 Å². The molecule has 156 valence electrons. The van der Waals surface area contributed by atoms with Crippen LogP contribution in [0.4, 0.5) is 10.5 Å². The second-order valence-corrected chi connectivity index (χ2v) is 7.29. The van der Waals surface area contributed by atoms with Crippen molar-refractivity contribution in [1.29, 1.82) is 0 Å². The van der Waals surface area contributed by atoms with E-state index in [-0.39, 0.29) is 29.5 Å². The molecule has 0 saturated carbocycles. The Morgan fingerprint density at radius 3 is 2.60 bits per heavy atom. The van der Waals surface area contributed by atoms with Crippen LogP contribution >= 0.6 is 11.8 Å². The molecule has 3 amide bonds. The number of carbonyl (C=O) groups is 3. The number of imide groups is 1. The van der Waals surface area contributed by atoms with E-state index in [2.05, 4.69) is 5.32 Å². The first-order valence-corrected chi connectivity index (χ1v) is 9.79. The van der Waals surface area contributed by atoms with Gasteiger partial charge < -0.3 is 19.9 Å².